The summed E-state index contributed by atoms with van der Waals surface area (Å²) in [7, 11) is 0. The molecule has 9 heteroatoms. The molecule has 0 aliphatic carbocycles. The van der Waals surface area contributed by atoms with Gasteiger partial charge in [-0.2, -0.15) is 0 Å². The number of likely N-dealkylation sites (tertiary alicyclic amines) is 1. The number of nitrogens with zero attached hydrogens (tertiary/aromatic N) is 2. The standard InChI is InChI=1S/C32H43ClN2O6/c1-6-9-10-11-19-40-30(39)26-25-28(37)35(24(20-36)21(4)8-3)27(32(25)17-16-31(26,5)41-32)29(38)34(18-7-2)23-14-12-22(33)13-15-23/h6-7,12-15,21,24-27,36H,1-2,8-11,16-20H2,3-5H3/t21-,24-,25-,26-,27?,31+,32?/m0/s1. The van der Waals surface area contributed by atoms with Gasteiger partial charge in [-0.1, -0.05) is 44.0 Å². The third-order valence-electron chi connectivity index (χ3n) is 9.31. The lowest BCUT2D eigenvalue weighted by Gasteiger charge is -2.41. The van der Waals surface area contributed by atoms with Crippen molar-refractivity contribution >= 4 is 35.1 Å². The second-order valence-corrected chi connectivity index (χ2v) is 12.2. The molecule has 2 bridgehead atoms. The number of benzene rings is 1. The van der Waals surface area contributed by atoms with Crippen molar-refractivity contribution in [2.45, 2.75) is 82.6 Å². The minimum absolute atomic E-state index is 0.0964. The van der Waals surface area contributed by atoms with Crippen LogP contribution in [0.5, 0.6) is 0 Å². The fourth-order valence-electron chi connectivity index (χ4n) is 7.05. The number of carbonyl (C=O) groups is 3. The fraction of sp³-hybridized carbons (Fsp3) is 0.594. The summed E-state index contributed by atoms with van der Waals surface area (Å²) in [5.41, 5.74) is -1.55. The van der Waals surface area contributed by atoms with Gasteiger partial charge in [0.1, 0.15) is 17.6 Å². The van der Waals surface area contributed by atoms with E-state index in [-0.39, 0.29) is 37.5 Å². The van der Waals surface area contributed by atoms with Gasteiger partial charge in [0, 0.05) is 17.3 Å². The van der Waals surface area contributed by atoms with E-state index in [4.69, 9.17) is 21.1 Å². The van der Waals surface area contributed by atoms with Crippen LogP contribution in [-0.2, 0) is 23.9 Å². The molecular weight excluding hydrogens is 544 g/mol. The first-order valence-corrected chi connectivity index (χ1v) is 15.1. The molecule has 0 saturated carbocycles. The molecule has 0 radical (unpaired) electrons. The zero-order chi connectivity index (χ0) is 29.9. The minimum atomic E-state index is -1.22. The minimum Gasteiger partial charge on any atom is -0.465 e. The lowest BCUT2D eigenvalue weighted by Crippen LogP contribution is -2.60. The quantitative estimate of drug-likeness (QED) is 0.189. The van der Waals surface area contributed by atoms with Crippen molar-refractivity contribution in [3.63, 3.8) is 0 Å². The van der Waals surface area contributed by atoms with Crippen LogP contribution in [0.15, 0.2) is 49.6 Å². The lowest BCUT2D eigenvalue weighted by atomic mass is 9.66. The van der Waals surface area contributed by atoms with Crippen LogP contribution in [0.2, 0.25) is 5.02 Å². The number of unbranched alkanes of at least 4 members (excludes halogenated alkanes) is 2. The Balaban J connectivity index is 1.77. The molecule has 3 saturated heterocycles. The molecule has 224 valence electrons. The number of aliphatic hydroxyl groups excluding tert-OH is 1. The second-order valence-electron chi connectivity index (χ2n) is 11.8. The molecule has 1 aromatic carbocycles. The van der Waals surface area contributed by atoms with Gasteiger partial charge in [-0.05, 0) is 69.2 Å². The predicted molar refractivity (Wildman–Crippen MR) is 158 cm³/mol. The van der Waals surface area contributed by atoms with Crippen molar-refractivity contribution < 1.29 is 29.0 Å². The van der Waals surface area contributed by atoms with Crippen molar-refractivity contribution in [2.24, 2.45) is 17.8 Å². The van der Waals surface area contributed by atoms with Crippen molar-refractivity contribution in [3.05, 3.63) is 54.6 Å². The summed E-state index contributed by atoms with van der Waals surface area (Å²) >= 11 is 6.13. The Hall–Kier alpha value is -2.68. The second kappa shape index (κ2) is 12.7. The number of hydrogen-bond acceptors (Lipinski definition) is 6. The highest BCUT2D eigenvalue weighted by atomic mass is 35.5. The van der Waals surface area contributed by atoms with E-state index in [0.29, 0.717) is 36.4 Å². The summed E-state index contributed by atoms with van der Waals surface area (Å²) in [6, 6.07) is 5.25. The number of hydrogen-bond donors (Lipinski definition) is 1. The van der Waals surface area contributed by atoms with Crippen molar-refractivity contribution in [2.75, 3.05) is 24.7 Å². The van der Waals surface area contributed by atoms with E-state index in [9.17, 15) is 19.5 Å². The summed E-state index contributed by atoms with van der Waals surface area (Å²) in [5.74, 6) is -2.97. The monoisotopic (exact) mass is 586 g/mol. The zero-order valence-corrected chi connectivity index (χ0v) is 25.1. The third kappa shape index (κ3) is 5.46. The van der Waals surface area contributed by atoms with Crippen LogP contribution in [0.3, 0.4) is 0 Å². The molecule has 41 heavy (non-hydrogen) atoms. The number of rotatable bonds is 14. The van der Waals surface area contributed by atoms with Crippen molar-refractivity contribution in [3.8, 4) is 0 Å². The Morgan fingerprint density at radius 1 is 1.24 bits per heavy atom. The first-order chi connectivity index (χ1) is 19.6. The van der Waals surface area contributed by atoms with Crippen LogP contribution in [-0.4, -0.2) is 70.8 Å². The van der Waals surface area contributed by atoms with E-state index in [1.807, 2.05) is 26.8 Å². The van der Waals surface area contributed by atoms with Gasteiger partial charge in [-0.3, -0.25) is 14.4 Å². The molecule has 7 atom stereocenters. The Bertz CT molecular complexity index is 1160. The summed E-state index contributed by atoms with van der Waals surface area (Å²) in [5, 5.41) is 11.1. The number of aliphatic hydroxyl groups is 1. The molecule has 1 spiro atoms. The van der Waals surface area contributed by atoms with Gasteiger partial charge in [0.15, 0.2) is 0 Å². The number of amides is 2. The third-order valence-corrected chi connectivity index (χ3v) is 9.56. The van der Waals surface area contributed by atoms with Crippen molar-refractivity contribution in [1.29, 1.82) is 0 Å². The number of allylic oxidation sites excluding steroid dienone is 1. The van der Waals surface area contributed by atoms with E-state index in [1.165, 1.54) is 4.90 Å². The summed E-state index contributed by atoms with van der Waals surface area (Å²) in [4.78, 5) is 45.8. The molecule has 3 aliphatic rings. The highest BCUT2D eigenvalue weighted by Gasteiger charge is 2.79. The van der Waals surface area contributed by atoms with Gasteiger partial charge >= 0.3 is 5.97 Å². The summed E-state index contributed by atoms with van der Waals surface area (Å²) < 4.78 is 12.4. The average Bonchev–Trinajstić information content (AvgIpc) is 3.53. The summed E-state index contributed by atoms with van der Waals surface area (Å²) in [6.07, 6.45) is 7.47. The molecule has 8 nitrogen and oxygen atoms in total. The highest BCUT2D eigenvalue weighted by Crippen LogP contribution is 2.64. The largest absolute Gasteiger partial charge is 0.465 e. The van der Waals surface area contributed by atoms with Crippen LogP contribution in [0, 0.1) is 17.8 Å². The maximum absolute atomic E-state index is 14.7. The maximum Gasteiger partial charge on any atom is 0.312 e. The smallest absolute Gasteiger partial charge is 0.312 e. The van der Waals surface area contributed by atoms with Crippen molar-refractivity contribution in [1.82, 2.24) is 4.90 Å². The van der Waals surface area contributed by atoms with Crippen LogP contribution in [0.4, 0.5) is 5.69 Å². The van der Waals surface area contributed by atoms with E-state index >= 15 is 0 Å². The molecule has 1 N–H and O–H groups in total. The first kappa shape index (κ1) is 31.3. The Kier molecular flexibility index (Phi) is 9.66. The molecule has 3 heterocycles. The molecule has 1 aromatic rings. The highest BCUT2D eigenvalue weighted by molar-refractivity contribution is 6.30. The topological polar surface area (TPSA) is 96.4 Å². The molecule has 4 rings (SSSR count). The summed E-state index contributed by atoms with van der Waals surface area (Å²) in [6.45, 7) is 13.5. The molecule has 3 fully saturated rings. The van der Waals surface area contributed by atoms with E-state index in [1.54, 1.807) is 35.2 Å². The maximum atomic E-state index is 14.7. The first-order valence-electron chi connectivity index (χ1n) is 14.7. The van der Waals surface area contributed by atoms with Gasteiger partial charge in [0.05, 0.1) is 30.8 Å². The number of halogens is 1. The lowest BCUT2D eigenvalue weighted by molar-refractivity contribution is -0.161. The predicted octanol–water partition coefficient (Wildman–Crippen LogP) is 4.93. The van der Waals surface area contributed by atoms with E-state index in [2.05, 4.69) is 13.2 Å². The molecule has 0 aromatic heterocycles. The van der Waals surface area contributed by atoms with Gasteiger partial charge in [0.25, 0.3) is 5.91 Å². The normalized spacial score (nSPS) is 29.6. The van der Waals surface area contributed by atoms with Gasteiger partial charge in [0.2, 0.25) is 5.91 Å². The SMILES string of the molecule is C=CCCCCOC(=O)[C@@H]1[C@H]2C(=O)N([C@@H](CO)[C@@H](C)CC)C(C(=O)N(CC=C)c3ccc(Cl)cc3)C23CC[C@@]1(C)O3. The van der Waals surface area contributed by atoms with Crippen LogP contribution >= 0.6 is 11.6 Å². The fourth-order valence-corrected chi connectivity index (χ4v) is 7.17. The Labute approximate surface area is 248 Å². The van der Waals surface area contributed by atoms with E-state index in [0.717, 1.165) is 12.8 Å². The number of anilines is 1. The average molecular weight is 587 g/mol. The molecule has 2 amide bonds. The number of ether oxygens (including phenoxy) is 2. The molecule has 2 unspecified atom stereocenters. The Morgan fingerprint density at radius 2 is 1.95 bits per heavy atom. The molecule has 3 aliphatic heterocycles. The van der Waals surface area contributed by atoms with Crippen LogP contribution in [0.25, 0.3) is 0 Å². The number of fused-ring (bicyclic) bond motifs is 1. The van der Waals surface area contributed by atoms with Gasteiger partial charge < -0.3 is 24.4 Å². The Morgan fingerprint density at radius 3 is 2.56 bits per heavy atom. The number of carbonyl (C=O) groups excluding carboxylic acids is 3. The zero-order valence-electron chi connectivity index (χ0n) is 24.4. The van der Waals surface area contributed by atoms with Crippen LogP contribution in [0.1, 0.15) is 59.3 Å². The van der Waals surface area contributed by atoms with Gasteiger partial charge in [-0.25, -0.2) is 0 Å². The number of esters is 1. The molecular formula is C32H43ClN2O6. The van der Waals surface area contributed by atoms with Gasteiger partial charge in [-0.15, -0.1) is 13.2 Å². The van der Waals surface area contributed by atoms with E-state index < -0.39 is 41.1 Å². The van der Waals surface area contributed by atoms with Crippen LogP contribution < -0.4 is 4.90 Å².